The van der Waals surface area contributed by atoms with Crippen molar-refractivity contribution in [1.82, 2.24) is 10.2 Å². The summed E-state index contributed by atoms with van der Waals surface area (Å²) in [5.74, 6) is -1.28. The van der Waals surface area contributed by atoms with E-state index in [9.17, 15) is 22.4 Å². The first-order chi connectivity index (χ1) is 18.6. The Morgan fingerprint density at radius 2 is 1.59 bits per heavy atom. The van der Waals surface area contributed by atoms with Gasteiger partial charge in [0.2, 0.25) is 11.8 Å². The first-order valence-corrected chi connectivity index (χ1v) is 15.1. The molecule has 10 heteroatoms. The van der Waals surface area contributed by atoms with Crippen molar-refractivity contribution in [3.05, 3.63) is 94.7 Å². The lowest BCUT2D eigenvalue weighted by Gasteiger charge is -2.32. The summed E-state index contributed by atoms with van der Waals surface area (Å²) >= 11 is 3.36. The summed E-state index contributed by atoms with van der Waals surface area (Å²) in [7, 11) is -4.12. The number of halogens is 2. The zero-order valence-electron chi connectivity index (χ0n) is 21.6. The van der Waals surface area contributed by atoms with Gasteiger partial charge in [0.25, 0.3) is 10.0 Å². The molecular formula is C29H31BrFN3O4S. The molecule has 0 radical (unpaired) electrons. The van der Waals surface area contributed by atoms with Crippen molar-refractivity contribution < 1.29 is 22.4 Å². The van der Waals surface area contributed by atoms with Gasteiger partial charge in [-0.25, -0.2) is 12.8 Å². The van der Waals surface area contributed by atoms with Crippen LogP contribution >= 0.6 is 15.9 Å². The molecular weight excluding hydrogens is 585 g/mol. The molecule has 1 fully saturated rings. The van der Waals surface area contributed by atoms with Crippen molar-refractivity contribution in [1.29, 1.82) is 0 Å². The van der Waals surface area contributed by atoms with E-state index in [2.05, 4.69) is 21.2 Å². The van der Waals surface area contributed by atoms with Crippen LogP contribution in [0.1, 0.15) is 38.2 Å². The molecule has 1 aliphatic carbocycles. The van der Waals surface area contributed by atoms with Crippen molar-refractivity contribution in [2.45, 2.75) is 56.1 Å². The second-order valence-electron chi connectivity index (χ2n) is 9.62. The number of carbonyl (C=O) groups excluding carboxylic acids is 2. The van der Waals surface area contributed by atoms with Gasteiger partial charge in [0, 0.05) is 17.1 Å². The maximum absolute atomic E-state index is 13.9. The van der Waals surface area contributed by atoms with Crippen molar-refractivity contribution in [2.24, 2.45) is 0 Å². The largest absolute Gasteiger partial charge is 0.352 e. The zero-order valence-corrected chi connectivity index (χ0v) is 24.0. The number of nitrogens with one attached hydrogen (secondary N) is 1. The van der Waals surface area contributed by atoms with Crippen LogP contribution in [0.4, 0.5) is 10.1 Å². The number of sulfonamides is 1. The predicted molar refractivity (Wildman–Crippen MR) is 152 cm³/mol. The molecule has 7 nitrogen and oxygen atoms in total. The molecule has 1 unspecified atom stereocenters. The Kier molecular flexibility index (Phi) is 9.40. The predicted octanol–water partition coefficient (Wildman–Crippen LogP) is 5.26. The molecule has 206 valence electrons. The van der Waals surface area contributed by atoms with Gasteiger partial charge in [-0.2, -0.15) is 0 Å². The van der Waals surface area contributed by atoms with E-state index in [0.717, 1.165) is 34.5 Å². The van der Waals surface area contributed by atoms with Crippen LogP contribution in [0.5, 0.6) is 0 Å². The summed E-state index contributed by atoms with van der Waals surface area (Å²) in [4.78, 5) is 28.5. The fraction of sp³-hybridized carbons (Fsp3) is 0.310. The lowest BCUT2D eigenvalue weighted by atomic mass is 10.1. The normalized spacial score (nSPS) is 14.5. The first kappa shape index (κ1) is 28.8. The molecule has 1 atom stereocenters. The van der Waals surface area contributed by atoms with Crippen LogP contribution in [0.2, 0.25) is 0 Å². The highest BCUT2D eigenvalue weighted by atomic mass is 79.9. The van der Waals surface area contributed by atoms with E-state index in [4.69, 9.17) is 0 Å². The van der Waals surface area contributed by atoms with Gasteiger partial charge in [-0.3, -0.25) is 13.9 Å². The van der Waals surface area contributed by atoms with E-state index < -0.39 is 34.3 Å². The number of hydrogen-bond acceptors (Lipinski definition) is 4. The highest BCUT2D eigenvalue weighted by Gasteiger charge is 2.33. The molecule has 3 aromatic rings. The second kappa shape index (κ2) is 12.7. The Labute approximate surface area is 237 Å². The standard InChI is InChI=1S/C29H31BrFN3O4S/c1-21(29(36)32-25-7-5-6-8-25)33(19-22-11-15-24(31)16-12-22)28(35)20-34(26-17-13-23(30)14-18-26)39(37,38)27-9-3-2-4-10-27/h2-4,9-18,21,25H,5-8,19-20H2,1H3,(H,32,36). The van der Waals surface area contributed by atoms with E-state index in [1.165, 1.54) is 29.2 Å². The summed E-state index contributed by atoms with van der Waals surface area (Å²) < 4.78 is 42.8. The Balaban J connectivity index is 1.66. The molecule has 0 spiro atoms. The number of nitrogens with zero attached hydrogens (tertiary/aromatic N) is 2. The lowest BCUT2D eigenvalue weighted by molar-refractivity contribution is -0.139. The van der Waals surface area contributed by atoms with Gasteiger partial charge >= 0.3 is 0 Å². The molecule has 1 aliphatic rings. The molecule has 0 bridgehead atoms. The maximum Gasteiger partial charge on any atom is 0.264 e. The highest BCUT2D eigenvalue weighted by Crippen LogP contribution is 2.26. The fourth-order valence-electron chi connectivity index (χ4n) is 4.62. The van der Waals surface area contributed by atoms with Gasteiger partial charge < -0.3 is 10.2 Å². The van der Waals surface area contributed by atoms with Gasteiger partial charge in [-0.05, 0) is 73.9 Å². The van der Waals surface area contributed by atoms with Crippen molar-refractivity contribution in [3.63, 3.8) is 0 Å². The molecule has 0 aliphatic heterocycles. The molecule has 3 aromatic carbocycles. The Morgan fingerprint density at radius 1 is 0.974 bits per heavy atom. The number of anilines is 1. The highest BCUT2D eigenvalue weighted by molar-refractivity contribution is 9.10. The third-order valence-corrected chi connectivity index (χ3v) is 9.18. The number of hydrogen-bond donors (Lipinski definition) is 1. The van der Waals surface area contributed by atoms with Gasteiger partial charge in [0.15, 0.2) is 0 Å². The number of rotatable bonds is 10. The van der Waals surface area contributed by atoms with Crippen LogP contribution in [0, 0.1) is 5.82 Å². The van der Waals surface area contributed by atoms with Gasteiger partial charge in [-0.1, -0.05) is 59.1 Å². The Morgan fingerprint density at radius 3 is 2.21 bits per heavy atom. The molecule has 1 N–H and O–H groups in total. The summed E-state index contributed by atoms with van der Waals surface area (Å²) in [5, 5.41) is 3.03. The summed E-state index contributed by atoms with van der Waals surface area (Å²) in [6.07, 6.45) is 3.85. The van der Waals surface area contributed by atoms with Crippen molar-refractivity contribution >= 4 is 43.5 Å². The summed E-state index contributed by atoms with van der Waals surface area (Å²) in [5.41, 5.74) is 0.923. The molecule has 2 amide bonds. The van der Waals surface area contributed by atoms with Crippen molar-refractivity contribution in [3.8, 4) is 0 Å². The minimum Gasteiger partial charge on any atom is -0.352 e. The van der Waals surface area contributed by atoms with E-state index in [-0.39, 0.29) is 23.4 Å². The smallest absolute Gasteiger partial charge is 0.264 e. The Hall–Kier alpha value is -3.24. The van der Waals surface area contributed by atoms with Gasteiger partial charge in [0.1, 0.15) is 18.4 Å². The van der Waals surface area contributed by atoms with Gasteiger partial charge in [-0.15, -0.1) is 0 Å². The average molecular weight is 617 g/mol. The average Bonchev–Trinajstić information content (AvgIpc) is 3.45. The van der Waals surface area contributed by atoms with E-state index in [1.807, 2.05) is 0 Å². The van der Waals surface area contributed by atoms with Crippen molar-refractivity contribution in [2.75, 3.05) is 10.8 Å². The molecule has 0 heterocycles. The molecule has 1 saturated carbocycles. The van der Waals surface area contributed by atoms with E-state index in [0.29, 0.717) is 11.3 Å². The van der Waals surface area contributed by atoms with Crippen LogP contribution < -0.4 is 9.62 Å². The molecule has 0 aromatic heterocycles. The van der Waals surface area contributed by atoms with Crippen LogP contribution in [-0.2, 0) is 26.2 Å². The topological polar surface area (TPSA) is 86.8 Å². The van der Waals surface area contributed by atoms with Crippen LogP contribution in [0.3, 0.4) is 0 Å². The minimum absolute atomic E-state index is 0.0118. The lowest BCUT2D eigenvalue weighted by Crippen LogP contribution is -2.52. The fourth-order valence-corrected chi connectivity index (χ4v) is 6.32. The Bertz CT molecular complexity index is 1380. The van der Waals surface area contributed by atoms with Gasteiger partial charge in [0.05, 0.1) is 10.6 Å². The van der Waals surface area contributed by atoms with E-state index in [1.54, 1.807) is 61.5 Å². The summed E-state index contributed by atoms with van der Waals surface area (Å²) in [6, 6.07) is 19.3. The third-order valence-electron chi connectivity index (χ3n) is 6.86. The zero-order chi connectivity index (χ0) is 28.0. The summed E-state index contributed by atoms with van der Waals surface area (Å²) in [6.45, 7) is 1.11. The maximum atomic E-state index is 13.9. The molecule has 39 heavy (non-hydrogen) atoms. The SMILES string of the molecule is CC(C(=O)NC1CCCC1)N(Cc1ccc(F)cc1)C(=O)CN(c1ccc(Br)cc1)S(=O)(=O)c1ccccc1. The van der Waals surface area contributed by atoms with Crippen LogP contribution in [-0.4, -0.2) is 43.8 Å². The van der Waals surface area contributed by atoms with Crippen LogP contribution in [0.15, 0.2) is 88.2 Å². The quantitative estimate of drug-likeness (QED) is 0.337. The number of amides is 2. The number of benzene rings is 3. The first-order valence-electron chi connectivity index (χ1n) is 12.8. The van der Waals surface area contributed by atoms with E-state index >= 15 is 0 Å². The number of carbonyl (C=O) groups is 2. The molecule has 0 saturated heterocycles. The van der Waals surface area contributed by atoms with Crippen LogP contribution in [0.25, 0.3) is 0 Å². The molecule has 4 rings (SSSR count). The third kappa shape index (κ3) is 7.24. The second-order valence-corrected chi connectivity index (χ2v) is 12.4. The minimum atomic E-state index is -4.12. The monoisotopic (exact) mass is 615 g/mol.